The van der Waals surface area contributed by atoms with Crippen molar-refractivity contribution in [1.29, 1.82) is 0 Å². The van der Waals surface area contributed by atoms with E-state index in [1.165, 1.54) is 24.3 Å². The van der Waals surface area contributed by atoms with Crippen molar-refractivity contribution in [2.45, 2.75) is 5.60 Å². The molecule has 3 aromatic rings. The highest BCUT2D eigenvalue weighted by Crippen LogP contribution is 2.26. The first-order chi connectivity index (χ1) is 10.6. The molecule has 6 nitrogen and oxygen atoms in total. The lowest BCUT2D eigenvalue weighted by Gasteiger charge is -2.18. The third-order valence-electron chi connectivity index (χ3n) is 3.49. The van der Waals surface area contributed by atoms with Gasteiger partial charge < -0.3 is 5.11 Å². The molecule has 2 heterocycles. The molecule has 0 radical (unpaired) electrons. The van der Waals surface area contributed by atoms with Crippen LogP contribution in [-0.4, -0.2) is 30.9 Å². The summed E-state index contributed by atoms with van der Waals surface area (Å²) < 4.78 is 2.64. The molecule has 0 atom stereocenters. The third-order valence-corrected chi connectivity index (χ3v) is 4.28. The second-order valence-electron chi connectivity index (χ2n) is 4.95. The monoisotopic (exact) mass is 310 g/mol. The van der Waals surface area contributed by atoms with E-state index in [4.69, 9.17) is 0 Å². The SMILES string of the molecule is O=C1C=CC(O)(c2cn(-c3ccc4ncsc4c3)nn2)C=C1. The quantitative estimate of drug-likeness (QED) is 0.780. The summed E-state index contributed by atoms with van der Waals surface area (Å²) in [6.07, 6.45) is 7.11. The molecule has 0 saturated carbocycles. The van der Waals surface area contributed by atoms with Crippen LogP contribution in [0, 0.1) is 0 Å². The minimum absolute atomic E-state index is 0.160. The fourth-order valence-corrected chi connectivity index (χ4v) is 2.97. The largest absolute Gasteiger partial charge is 0.376 e. The molecule has 0 amide bonds. The predicted octanol–water partition coefficient (Wildman–Crippen LogP) is 1.76. The number of rotatable bonds is 2. The number of benzene rings is 1. The molecule has 0 bridgehead atoms. The summed E-state index contributed by atoms with van der Waals surface area (Å²) in [5.74, 6) is -0.160. The van der Waals surface area contributed by atoms with Crippen molar-refractivity contribution in [3.63, 3.8) is 0 Å². The fraction of sp³-hybridized carbons (Fsp3) is 0.0667. The Morgan fingerprint density at radius 3 is 2.86 bits per heavy atom. The first kappa shape index (κ1) is 13.1. The standard InChI is InChI=1S/C15H10N4O2S/c20-11-3-5-15(21,6-4-11)14-8-19(18-17-14)10-1-2-12-13(7-10)22-9-16-12/h1-9,21H. The maximum absolute atomic E-state index is 11.2. The molecule has 0 unspecified atom stereocenters. The van der Waals surface area contributed by atoms with Gasteiger partial charge in [0.1, 0.15) is 11.3 Å². The van der Waals surface area contributed by atoms with Gasteiger partial charge in [-0.05, 0) is 42.5 Å². The van der Waals surface area contributed by atoms with Crippen molar-refractivity contribution in [3.8, 4) is 5.69 Å². The van der Waals surface area contributed by atoms with E-state index in [0.29, 0.717) is 5.69 Å². The minimum atomic E-state index is -1.40. The lowest BCUT2D eigenvalue weighted by Crippen LogP contribution is -2.23. The molecular formula is C15H10N4O2S. The van der Waals surface area contributed by atoms with Gasteiger partial charge in [0.2, 0.25) is 0 Å². The van der Waals surface area contributed by atoms with Crippen LogP contribution in [-0.2, 0) is 10.4 Å². The molecule has 0 spiro atoms. The zero-order chi connectivity index (χ0) is 15.2. The zero-order valence-electron chi connectivity index (χ0n) is 11.2. The van der Waals surface area contributed by atoms with E-state index >= 15 is 0 Å². The fourth-order valence-electron chi connectivity index (χ4n) is 2.26. The van der Waals surface area contributed by atoms with Crippen LogP contribution in [0.2, 0.25) is 0 Å². The Kier molecular flexibility index (Phi) is 2.78. The van der Waals surface area contributed by atoms with Crippen molar-refractivity contribution in [2.75, 3.05) is 0 Å². The average molecular weight is 310 g/mol. The molecule has 0 aliphatic heterocycles. The topological polar surface area (TPSA) is 80.9 Å². The van der Waals surface area contributed by atoms with Crippen LogP contribution in [0.3, 0.4) is 0 Å². The van der Waals surface area contributed by atoms with Crippen molar-refractivity contribution >= 4 is 27.3 Å². The third kappa shape index (κ3) is 2.07. The highest BCUT2D eigenvalue weighted by molar-refractivity contribution is 7.16. The van der Waals surface area contributed by atoms with Gasteiger partial charge in [-0.15, -0.1) is 16.4 Å². The highest BCUT2D eigenvalue weighted by Gasteiger charge is 2.29. The number of nitrogens with zero attached hydrogens (tertiary/aromatic N) is 4. The maximum Gasteiger partial charge on any atom is 0.178 e. The summed E-state index contributed by atoms with van der Waals surface area (Å²) in [7, 11) is 0. The Morgan fingerprint density at radius 1 is 1.23 bits per heavy atom. The molecule has 0 fully saturated rings. The smallest absolute Gasteiger partial charge is 0.178 e. The normalized spacial score (nSPS) is 16.5. The lowest BCUT2D eigenvalue weighted by molar-refractivity contribution is -0.110. The van der Waals surface area contributed by atoms with Crippen molar-refractivity contribution in [3.05, 3.63) is 59.9 Å². The molecular weight excluding hydrogens is 300 g/mol. The predicted molar refractivity (Wildman–Crippen MR) is 81.7 cm³/mol. The van der Waals surface area contributed by atoms with E-state index in [9.17, 15) is 9.90 Å². The van der Waals surface area contributed by atoms with Gasteiger partial charge in [-0.25, -0.2) is 9.67 Å². The van der Waals surface area contributed by atoms with Crippen LogP contribution in [0.4, 0.5) is 0 Å². The zero-order valence-corrected chi connectivity index (χ0v) is 12.1. The summed E-state index contributed by atoms with van der Waals surface area (Å²) in [6, 6.07) is 5.77. The van der Waals surface area contributed by atoms with Gasteiger partial charge in [0.15, 0.2) is 5.78 Å². The first-order valence-corrected chi connectivity index (χ1v) is 7.43. The second kappa shape index (κ2) is 4.69. The van der Waals surface area contributed by atoms with Crippen LogP contribution in [0.5, 0.6) is 0 Å². The number of hydrogen-bond acceptors (Lipinski definition) is 6. The maximum atomic E-state index is 11.2. The number of aromatic nitrogens is 4. The van der Waals surface area contributed by atoms with Crippen molar-refractivity contribution < 1.29 is 9.90 Å². The highest BCUT2D eigenvalue weighted by atomic mass is 32.1. The van der Waals surface area contributed by atoms with Crippen LogP contribution >= 0.6 is 11.3 Å². The molecule has 1 aromatic carbocycles. The molecule has 7 heteroatoms. The summed E-state index contributed by atoms with van der Waals surface area (Å²) >= 11 is 1.55. The van der Waals surface area contributed by atoms with E-state index < -0.39 is 5.60 Å². The van der Waals surface area contributed by atoms with E-state index in [1.54, 1.807) is 27.7 Å². The van der Waals surface area contributed by atoms with Crippen LogP contribution in [0.25, 0.3) is 15.9 Å². The van der Waals surface area contributed by atoms with Gasteiger partial charge in [-0.2, -0.15) is 0 Å². The number of aliphatic hydroxyl groups is 1. The van der Waals surface area contributed by atoms with E-state index in [0.717, 1.165) is 15.9 Å². The summed E-state index contributed by atoms with van der Waals surface area (Å²) in [5, 5.41) is 18.6. The molecule has 2 aromatic heterocycles. The number of allylic oxidation sites excluding steroid dienone is 2. The minimum Gasteiger partial charge on any atom is -0.376 e. The number of thiazole rings is 1. The molecule has 1 N–H and O–H groups in total. The Morgan fingerprint density at radius 2 is 2.05 bits per heavy atom. The van der Waals surface area contributed by atoms with Crippen molar-refractivity contribution in [2.24, 2.45) is 0 Å². The molecule has 108 valence electrons. The Labute approximate surface area is 129 Å². The van der Waals surface area contributed by atoms with Crippen LogP contribution < -0.4 is 0 Å². The second-order valence-corrected chi connectivity index (χ2v) is 5.83. The number of carbonyl (C=O) groups excluding carboxylic acids is 1. The lowest BCUT2D eigenvalue weighted by atomic mass is 9.95. The van der Waals surface area contributed by atoms with Gasteiger partial charge in [-0.1, -0.05) is 5.21 Å². The number of fused-ring (bicyclic) bond motifs is 1. The molecule has 4 rings (SSSR count). The molecule has 1 aliphatic rings. The van der Waals surface area contributed by atoms with Gasteiger partial charge in [0.25, 0.3) is 0 Å². The van der Waals surface area contributed by atoms with Gasteiger partial charge >= 0.3 is 0 Å². The van der Waals surface area contributed by atoms with E-state index in [-0.39, 0.29) is 5.78 Å². The van der Waals surface area contributed by atoms with E-state index in [2.05, 4.69) is 15.3 Å². The molecule has 1 aliphatic carbocycles. The van der Waals surface area contributed by atoms with Crippen LogP contribution in [0.15, 0.2) is 54.2 Å². The number of carbonyl (C=O) groups is 1. The summed E-state index contributed by atoms with van der Waals surface area (Å²) in [4.78, 5) is 15.4. The Bertz CT molecular complexity index is 922. The Hall–Kier alpha value is -2.64. The number of ketones is 1. The summed E-state index contributed by atoms with van der Waals surface area (Å²) in [6.45, 7) is 0. The molecule has 0 saturated heterocycles. The van der Waals surface area contributed by atoms with Crippen molar-refractivity contribution in [1.82, 2.24) is 20.0 Å². The van der Waals surface area contributed by atoms with Gasteiger partial charge in [-0.3, -0.25) is 4.79 Å². The average Bonchev–Trinajstić information content (AvgIpc) is 3.18. The van der Waals surface area contributed by atoms with Gasteiger partial charge in [0.05, 0.1) is 27.6 Å². The Balaban J connectivity index is 1.73. The summed E-state index contributed by atoms with van der Waals surface area (Å²) in [5.41, 5.74) is 2.51. The first-order valence-electron chi connectivity index (χ1n) is 6.55. The molecule has 22 heavy (non-hydrogen) atoms. The number of hydrogen-bond donors (Lipinski definition) is 1. The van der Waals surface area contributed by atoms with Gasteiger partial charge in [0, 0.05) is 0 Å². The van der Waals surface area contributed by atoms with E-state index in [1.807, 2.05) is 18.2 Å². The van der Waals surface area contributed by atoms with Crippen LogP contribution in [0.1, 0.15) is 5.69 Å².